The van der Waals surface area contributed by atoms with Gasteiger partial charge in [0.2, 0.25) is 0 Å². The molecule has 12 nitrogen and oxygen atoms in total. The third kappa shape index (κ3) is 65.1. The van der Waals surface area contributed by atoms with Crippen molar-refractivity contribution in [1.29, 1.82) is 0 Å². The van der Waals surface area contributed by atoms with Crippen LogP contribution >= 0.6 is 39.5 Å². The smallest absolute Gasteiger partial charge is 0.392 e. The van der Waals surface area contributed by atoms with Crippen LogP contribution in [0.2, 0.25) is 0 Å². The zero-order valence-electron chi connectivity index (χ0n) is 18.7. The van der Waals surface area contributed by atoms with Crippen molar-refractivity contribution in [3.8, 4) is 0 Å². The van der Waals surface area contributed by atoms with E-state index in [0.717, 1.165) is 0 Å². The number of hydrogen-bond donors (Lipinski definition) is 12. The molecule has 0 aliphatic carbocycles. The van der Waals surface area contributed by atoms with Gasteiger partial charge < -0.3 is 61.3 Å². The molecule has 0 aromatic rings. The fourth-order valence-corrected chi connectivity index (χ4v) is 1.61. The normalized spacial score (nSPS) is 12.5. The average molecular weight is 705 g/mol. The van der Waals surface area contributed by atoms with Crippen LogP contribution in [0.5, 0.6) is 0 Å². The second kappa shape index (κ2) is 28.3. The Bertz CT molecular complexity index is 341. The Balaban J connectivity index is -0.0000000776. The van der Waals surface area contributed by atoms with Gasteiger partial charge in [0, 0.05) is 0 Å². The minimum atomic E-state index is -10.7. The molecule has 0 bridgehead atoms. The maximum atomic E-state index is 9.87. The summed E-state index contributed by atoms with van der Waals surface area (Å²) in [4.78, 5) is 0. The van der Waals surface area contributed by atoms with Crippen molar-refractivity contribution >= 4 is 39.5 Å². The van der Waals surface area contributed by atoms with Crippen LogP contribution in [0.25, 0.3) is 0 Å². The first-order valence-corrected chi connectivity index (χ1v) is 18.2. The SMILES string of the molecule is F[P-](F)(F)(F)(F)F.OCP(CO)CO.OCP(CO)CO.OCP(CO)CO.OCP(CO)CO.[Cu+]. The first-order valence-electron chi connectivity index (χ1n) is 8.60. The van der Waals surface area contributed by atoms with Gasteiger partial charge in [-0.25, -0.2) is 0 Å². The number of aliphatic hydroxyl groups is 12. The van der Waals surface area contributed by atoms with Crippen molar-refractivity contribution in [2.24, 2.45) is 0 Å². The van der Waals surface area contributed by atoms with Crippen LogP contribution in [0.1, 0.15) is 0 Å². The van der Waals surface area contributed by atoms with E-state index < -0.39 is 39.5 Å². The van der Waals surface area contributed by atoms with Crippen LogP contribution in [0.4, 0.5) is 25.2 Å². The first-order chi connectivity index (χ1) is 15.8. The Kier molecular flexibility index (Phi) is 39.8. The third-order valence-electron chi connectivity index (χ3n) is 2.40. The molecule has 0 unspecified atom stereocenters. The second-order valence-electron chi connectivity index (χ2n) is 5.34. The fraction of sp³-hybridized carbons (Fsp3) is 1.00. The molecule has 0 aliphatic heterocycles. The largest absolute Gasteiger partial charge is 1.00 e. The average Bonchev–Trinajstić information content (AvgIpc) is 2.78. The Morgan fingerprint density at radius 1 is 0.306 bits per heavy atom. The van der Waals surface area contributed by atoms with Gasteiger partial charge in [0.25, 0.3) is 0 Å². The molecular weight excluding hydrogens is 669 g/mol. The quantitative estimate of drug-likeness (QED) is 0.0762. The molecular formula is C12H36CuF6O12P5. The maximum absolute atomic E-state index is 10.7. The Morgan fingerprint density at radius 2 is 0.361 bits per heavy atom. The van der Waals surface area contributed by atoms with E-state index in [1.807, 2.05) is 0 Å². The molecule has 24 heteroatoms. The zero-order chi connectivity index (χ0) is 29.2. The number of halogens is 6. The molecule has 0 radical (unpaired) electrons. The summed E-state index contributed by atoms with van der Waals surface area (Å²) < 4.78 is 59.2. The first kappa shape index (κ1) is 50.6. The molecule has 0 heterocycles. The summed E-state index contributed by atoms with van der Waals surface area (Å²) in [7, 11) is -14.2. The zero-order valence-corrected chi connectivity index (χ0v) is 24.1. The molecule has 0 aromatic carbocycles. The van der Waals surface area contributed by atoms with E-state index in [1.165, 1.54) is 0 Å². The van der Waals surface area contributed by atoms with Gasteiger partial charge >= 0.3 is 50.1 Å². The maximum Gasteiger partial charge on any atom is 1.00 e. The standard InChI is InChI=1S/4C3H9O3P.Cu.F6P/c4*4-1-7(2-5)3-6;;1-7(2,3,4,5)6/h4*4-6H,1-3H2;;/q;;;;+1;-1. The van der Waals surface area contributed by atoms with E-state index >= 15 is 0 Å². The minimum absolute atomic E-state index is 0. The summed E-state index contributed by atoms with van der Waals surface area (Å²) in [6, 6.07) is 0. The molecule has 12 N–H and O–H groups in total. The van der Waals surface area contributed by atoms with Gasteiger partial charge in [-0.1, -0.05) is 0 Å². The monoisotopic (exact) mass is 704 g/mol. The van der Waals surface area contributed by atoms with E-state index in [0.29, 0.717) is 0 Å². The summed E-state index contributed by atoms with van der Waals surface area (Å²) in [6.45, 7) is 0. The van der Waals surface area contributed by atoms with Gasteiger partial charge in [0.1, 0.15) is 0 Å². The van der Waals surface area contributed by atoms with Crippen LogP contribution < -0.4 is 0 Å². The summed E-state index contributed by atoms with van der Waals surface area (Å²) in [5.41, 5.74) is 0. The van der Waals surface area contributed by atoms with Crippen molar-refractivity contribution in [1.82, 2.24) is 0 Å². The molecule has 0 aliphatic rings. The summed E-state index contributed by atoms with van der Waals surface area (Å²) in [6.07, 6.45) is -0.972. The van der Waals surface area contributed by atoms with Gasteiger partial charge in [-0.2, -0.15) is 0 Å². The molecule has 0 saturated heterocycles. The van der Waals surface area contributed by atoms with Crippen molar-refractivity contribution in [3.63, 3.8) is 0 Å². The molecule has 0 saturated carbocycles. The van der Waals surface area contributed by atoms with Crippen molar-refractivity contribution in [2.75, 3.05) is 76.2 Å². The van der Waals surface area contributed by atoms with Crippen LogP contribution in [-0.4, -0.2) is 137 Å². The minimum Gasteiger partial charge on any atom is -0.392 e. The van der Waals surface area contributed by atoms with Crippen molar-refractivity contribution in [2.45, 2.75) is 0 Å². The molecule has 36 heavy (non-hydrogen) atoms. The Hall–Kier alpha value is 1.77. The van der Waals surface area contributed by atoms with Gasteiger partial charge in [0.15, 0.2) is 0 Å². The Morgan fingerprint density at radius 3 is 0.361 bits per heavy atom. The fourth-order valence-electron chi connectivity index (χ4n) is 0.537. The van der Waals surface area contributed by atoms with Crippen molar-refractivity contribution in [3.05, 3.63) is 0 Å². The van der Waals surface area contributed by atoms with Gasteiger partial charge in [-0.15, -0.1) is 0 Å². The predicted octanol–water partition coefficient (Wildman–Crippen LogP) is 0.651. The van der Waals surface area contributed by atoms with Gasteiger partial charge in [-0.3, -0.25) is 0 Å². The summed E-state index contributed by atoms with van der Waals surface area (Å²) in [5.74, 6) is 0. The number of hydrogen-bond acceptors (Lipinski definition) is 12. The van der Waals surface area contributed by atoms with Crippen molar-refractivity contribution < 1.29 is 104 Å². The molecule has 0 spiro atoms. The van der Waals surface area contributed by atoms with Gasteiger partial charge in [-0.05, 0) is 31.7 Å². The third-order valence-corrected chi connectivity index (χ3v) is 7.20. The molecule has 0 fully saturated rings. The van der Waals surface area contributed by atoms with E-state index in [4.69, 9.17) is 61.3 Å². The van der Waals surface area contributed by atoms with Gasteiger partial charge in [0.05, 0.1) is 76.2 Å². The molecule has 0 amide bonds. The topological polar surface area (TPSA) is 243 Å². The van der Waals surface area contributed by atoms with Crippen LogP contribution in [0, 0.1) is 0 Å². The van der Waals surface area contributed by atoms with E-state index in [2.05, 4.69) is 0 Å². The molecule has 234 valence electrons. The summed E-state index contributed by atoms with van der Waals surface area (Å²) >= 11 is 0. The number of rotatable bonds is 12. The van der Waals surface area contributed by atoms with E-state index in [1.54, 1.807) is 0 Å². The van der Waals surface area contributed by atoms with E-state index in [-0.39, 0.29) is 93.2 Å². The molecule has 0 rings (SSSR count). The number of aliphatic hydroxyl groups excluding tert-OH is 12. The Labute approximate surface area is 219 Å². The molecule has 0 atom stereocenters. The van der Waals surface area contributed by atoms with E-state index in [9.17, 15) is 25.2 Å². The van der Waals surface area contributed by atoms with Crippen LogP contribution in [0.15, 0.2) is 0 Å². The summed E-state index contributed by atoms with van der Waals surface area (Å²) in [5, 5.41) is 98.8. The van der Waals surface area contributed by atoms with Crippen LogP contribution in [-0.2, 0) is 17.1 Å². The molecule has 0 aromatic heterocycles. The predicted molar refractivity (Wildman–Crippen MR) is 126 cm³/mol. The second-order valence-corrected chi connectivity index (χ2v) is 16.0. The van der Waals surface area contributed by atoms with Crippen LogP contribution in [0.3, 0.4) is 0 Å².